The molecule has 0 aliphatic carbocycles. The van der Waals surface area contributed by atoms with E-state index in [1.807, 2.05) is 4.57 Å². The van der Waals surface area contributed by atoms with Crippen LogP contribution in [0, 0.1) is 6.92 Å². The largest absolute Gasteiger partial charge is 0.344 e. The van der Waals surface area contributed by atoms with Gasteiger partial charge in [-0.15, -0.1) is 28.1 Å². The minimum absolute atomic E-state index is 0.129. The van der Waals surface area contributed by atoms with Crippen LogP contribution in [-0.4, -0.2) is 56.3 Å². The SMILES string of the molecule is C=CCn1c(SCC(=O)Nc2nc(C)c(C(=O)N(C)C)s2)nnc1-c1csc(CCC)c1. The smallest absolute Gasteiger partial charge is 0.265 e. The van der Waals surface area contributed by atoms with Gasteiger partial charge in [0.1, 0.15) is 4.88 Å². The maximum atomic E-state index is 12.5. The fourth-order valence-corrected chi connectivity index (χ4v) is 5.64. The fourth-order valence-electron chi connectivity index (χ4n) is 2.91. The van der Waals surface area contributed by atoms with Crippen LogP contribution in [0.15, 0.2) is 29.3 Å². The van der Waals surface area contributed by atoms with Crippen molar-refractivity contribution >= 4 is 51.4 Å². The molecule has 0 fully saturated rings. The van der Waals surface area contributed by atoms with Crippen molar-refractivity contribution in [3.05, 3.63) is 39.5 Å². The number of aryl methyl sites for hydroxylation is 2. The highest BCUT2D eigenvalue weighted by Crippen LogP contribution is 2.29. The third-order valence-electron chi connectivity index (χ3n) is 4.41. The van der Waals surface area contributed by atoms with Gasteiger partial charge >= 0.3 is 0 Å². The Bertz CT molecular complexity index is 1110. The Balaban J connectivity index is 1.68. The van der Waals surface area contributed by atoms with Gasteiger partial charge in [0.15, 0.2) is 16.1 Å². The number of amides is 2. The van der Waals surface area contributed by atoms with Crippen molar-refractivity contribution in [2.24, 2.45) is 0 Å². The Hall–Kier alpha value is -2.50. The number of nitrogens with zero attached hydrogens (tertiary/aromatic N) is 5. The molecular formula is C21H26N6O2S3. The molecule has 3 aromatic heterocycles. The second-order valence-corrected chi connectivity index (χ2v) is 10.2. The molecule has 3 heterocycles. The van der Waals surface area contributed by atoms with Gasteiger partial charge in [0, 0.05) is 36.5 Å². The molecule has 170 valence electrons. The number of hydrogen-bond donors (Lipinski definition) is 1. The second kappa shape index (κ2) is 10.9. The standard InChI is InChI=1S/C21H26N6O2S3/c1-6-8-15-10-14(11-30-15)18-24-25-21(27(18)9-7-2)31-12-16(28)23-20-22-13(3)17(32-20)19(29)26(4)5/h7,10-11H,2,6,8-9,12H2,1,3-5H3,(H,22,23,28). The summed E-state index contributed by atoms with van der Waals surface area (Å²) in [6.45, 7) is 8.30. The molecule has 0 aliphatic heterocycles. The summed E-state index contributed by atoms with van der Waals surface area (Å²) >= 11 is 4.20. The van der Waals surface area contributed by atoms with E-state index in [1.54, 1.807) is 38.4 Å². The van der Waals surface area contributed by atoms with E-state index < -0.39 is 0 Å². The molecule has 1 N–H and O–H groups in total. The van der Waals surface area contributed by atoms with Crippen molar-refractivity contribution in [2.45, 2.75) is 38.4 Å². The average Bonchev–Trinajstić information content (AvgIpc) is 3.45. The van der Waals surface area contributed by atoms with Crippen LogP contribution in [0.1, 0.15) is 33.6 Å². The zero-order chi connectivity index (χ0) is 23.3. The summed E-state index contributed by atoms with van der Waals surface area (Å²) < 4.78 is 1.96. The maximum absolute atomic E-state index is 12.5. The number of hydrogen-bond acceptors (Lipinski definition) is 8. The number of anilines is 1. The van der Waals surface area contributed by atoms with Crippen molar-refractivity contribution in [3.8, 4) is 11.4 Å². The minimum Gasteiger partial charge on any atom is -0.344 e. The summed E-state index contributed by atoms with van der Waals surface area (Å²) in [4.78, 5) is 32.3. The van der Waals surface area contributed by atoms with Crippen molar-refractivity contribution < 1.29 is 9.59 Å². The maximum Gasteiger partial charge on any atom is 0.265 e. The molecule has 32 heavy (non-hydrogen) atoms. The van der Waals surface area contributed by atoms with E-state index in [2.05, 4.69) is 45.4 Å². The Morgan fingerprint density at radius 3 is 2.81 bits per heavy atom. The molecule has 0 saturated heterocycles. The fraction of sp³-hybridized carbons (Fsp3) is 0.381. The van der Waals surface area contributed by atoms with E-state index in [9.17, 15) is 9.59 Å². The molecule has 0 bridgehead atoms. The van der Waals surface area contributed by atoms with Gasteiger partial charge in [-0.25, -0.2) is 4.98 Å². The molecule has 8 nitrogen and oxygen atoms in total. The number of thiophene rings is 1. The number of allylic oxidation sites excluding steroid dienone is 1. The normalized spacial score (nSPS) is 10.9. The van der Waals surface area contributed by atoms with Gasteiger partial charge in [0.25, 0.3) is 5.91 Å². The lowest BCUT2D eigenvalue weighted by atomic mass is 10.2. The van der Waals surface area contributed by atoms with E-state index in [0.717, 1.165) is 24.2 Å². The number of carbonyl (C=O) groups excluding carboxylic acids is 2. The highest BCUT2D eigenvalue weighted by atomic mass is 32.2. The van der Waals surface area contributed by atoms with E-state index in [1.165, 1.54) is 32.9 Å². The van der Waals surface area contributed by atoms with Crippen molar-refractivity contribution in [1.29, 1.82) is 0 Å². The Morgan fingerprint density at radius 2 is 2.12 bits per heavy atom. The van der Waals surface area contributed by atoms with Crippen molar-refractivity contribution in [3.63, 3.8) is 0 Å². The Kier molecular flexibility index (Phi) is 8.21. The summed E-state index contributed by atoms with van der Waals surface area (Å²) in [7, 11) is 3.37. The Labute approximate surface area is 199 Å². The summed E-state index contributed by atoms with van der Waals surface area (Å²) in [5.74, 6) is 0.572. The van der Waals surface area contributed by atoms with Crippen LogP contribution >= 0.6 is 34.4 Å². The van der Waals surface area contributed by atoms with Gasteiger partial charge in [-0.2, -0.15) is 0 Å². The monoisotopic (exact) mass is 490 g/mol. The first kappa shape index (κ1) is 24.1. The number of thiazole rings is 1. The summed E-state index contributed by atoms with van der Waals surface area (Å²) in [5, 5.41) is 14.6. The third kappa shape index (κ3) is 5.64. The van der Waals surface area contributed by atoms with Gasteiger partial charge in [0.2, 0.25) is 5.91 Å². The van der Waals surface area contributed by atoms with E-state index in [4.69, 9.17) is 0 Å². The van der Waals surface area contributed by atoms with Crippen LogP contribution in [0.2, 0.25) is 0 Å². The number of thioether (sulfide) groups is 1. The van der Waals surface area contributed by atoms with Gasteiger partial charge < -0.3 is 10.2 Å². The summed E-state index contributed by atoms with van der Waals surface area (Å²) in [6, 6.07) is 2.15. The highest BCUT2D eigenvalue weighted by molar-refractivity contribution is 7.99. The van der Waals surface area contributed by atoms with Crippen LogP contribution in [0.25, 0.3) is 11.4 Å². The van der Waals surface area contributed by atoms with Crippen LogP contribution in [0.4, 0.5) is 5.13 Å². The first-order chi connectivity index (χ1) is 15.3. The molecule has 3 rings (SSSR count). The summed E-state index contributed by atoms with van der Waals surface area (Å²) in [5.41, 5.74) is 1.63. The van der Waals surface area contributed by atoms with Crippen LogP contribution in [0.5, 0.6) is 0 Å². The zero-order valence-corrected chi connectivity index (χ0v) is 21.0. The van der Waals surface area contributed by atoms with E-state index in [-0.39, 0.29) is 17.6 Å². The lowest BCUT2D eigenvalue weighted by Gasteiger charge is -2.07. The van der Waals surface area contributed by atoms with Gasteiger partial charge in [0.05, 0.1) is 11.4 Å². The lowest BCUT2D eigenvalue weighted by Crippen LogP contribution is -2.21. The van der Waals surface area contributed by atoms with Crippen molar-refractivity contribution in [1.82, 2.24) is 24.6 Å². The van der Waals surface area contributed by atoms with Gasteiger partial charge in [-0.05, 0) is 19.4 Å². The average molecular weight is 491 g/mol. The molecule has 11 heteroatoms. The summed E-state index contributed by atoms with van der Waals surface area (Å²) in [6.07, 6.45) is 3.93. The molecule has 0 radical (unpaired) electrons. The number of rotatable bonds is 10. The first-order valence-corrected chi connectivity index (χ1v) is 12.8. The molecule has 0 spiro atoms. The van der Waals surface area contributed by atoms with Crippen LogP contribution in [0.3, 0.4) is 0 Å². The quantitative estimate of drug-likeness (QED) is 0.336. The minimum atomic E-state index is -0.219. The van der Waals surface area contributed by atoms with Gasteiger partial charge in [-0.1, -0.05) is 42.5 Å². The van der Waals surface area contributed by atoms with Gasteiger partial charge in [-0.3, -0.25) is 14.2 Å². The topological polar surface area (TPSA) is 93.0 Å². The predicted molar refractivity (Wildman–Crippen MR) is 132 cm³/mol. The zero-order valence-electron chi connectivity index (χ0n) is 18.5. The van der Waals surface area contributed by atoms with Crippen LogP contribution < -0.4 is 5.32 Å². The Morgan fingerprint density at radius 1 is 1.34 bits per heavy atom. The van der Waals surface area contributed by atoms with Crippen LogP contribution in [-0.2, 0) is 17.8 Å². The highest BCUT2D eigenvalue weighted by Gasteiger charge is 2.19. The second-order valence-electron chi connectivity index (χ2n) is 7.23. The molecular weight excluding hydrogens is 464 g/mol. The third-order valence-corrected chi connectivity index (χ3v) is 7.44. The molecule has 0 aliphatic rings. The molecule has 0 atom stereocenters. The molecule has 0 unspecified atom stereocenters. The molecule has 3 aromatic rings. The number of aromatic nitrogens is 4. The predicted octanol–water partition coefficient (Wildman–Crippen LogP) is 4.34. The molecule has 0 aromatic carbocycles. The van der Waals surface area contributed by atoms with E-state index >= 15 is 0 Å². The molecule has 0 saturated carbocycles. The molecule has 2 amide bonds. The van der Waals surface area contributed by atoms with Crippen molar-refractivity contribution in [2.75, 3.05) is 25.2 Å². The number of carbonyl (C=O) groups is 2. The number of nitrogens with one attached hydrogen (secondary N) is 1. The van der Waals surface area contributed by atoms with E-state index in [0.29, 0.717) is 27.4 Å². The first-order valence-electron chi connectivity index (χ1n) is 10.1. The lowest BCUT2D eigenvalue weighted by molar-refractivity contribution is -0.113.